The normalized spacial score (nSPS) is 18.6. The second-order valence-electron chi connectivity index (χ2n) is 5.97. The second kappa shape index (κ2) is 9.06. The number of carbonyl (C=O) groups excluding carboxylic acids is 1. The number of hydrogen-bond donors (Lipinski definition) is 0. The summed E-state index contributed by atoms with van der Waals surface area (Å²) in [4.78, 5) is 14.4. The molecule has 1 atom stereocenters. The van der Waals surface area contributed by atoms with Crippen molar-refractivity contribution in [2.45, 2.75) is 25.1 Å². The highest BCUT2D eigenvalue weighted by molar-refractivity contribution is 8.15. The van der Waals surface area contributed by atoms with Crippen LogP contribution >= 0.6 is 23.4 Å². The van der Waals surface area contributed by atoms with Crippen molar-refractivity contribution in [3.63, 3.8) is 0 Å². The Morgan fingerprint density at radius 1 is 1.19 bits per heavy atom. The van der Waals surface area contributed by atoms with Gasteiger partial charge in [0.1, 0.15) is 5.75 Å². The van der Waals surface area contributed by atoms with Crippen LogP contribution in [0.1, 0.15) is 24.5 Å². The molecular formula is C20H20ClN3O2S. The van der Waals surface area contributed by atoms with Crippen molar-refractivity contribution in [1.29, 1.82) is 0 Å². The Balaban J connectivity index is 1.77. The van der Waals surface area contributed by atoms with E-state index in [1.165, 1.54) is 11.8 Å². The van der Waals surface area contributed by atoms with Crippen molar-refractivity contribution < 1.29 is 9.53 Å². The van der Waals surface area contributed by atoms with Gasteiger partial charge in [0, 0.05) is 5.02 Å². The zero-order chi connectivity index (χ0) is 19.2. The number of methoxy groups -OCH3 is 1. The second-order valence-corrected chi connectivity index (χ2v) is 7.57. The minimum absolute atomic E-state index is 0.0683. The van der Waals surface area contributed by atoms with E-state index in [0.29, 0.717) is 16.7 Å². The standard InChI is InChI=1S/C20H20ClN3O2S/c1-3-18-19(25)24(13-15-6-10-17(26-2)11-7-15)20(27-18)23-22-12-14-4-8-16(21)9-5-14/h4-12,18H,3,13H2,1-2H3/b22-12-,23-20+/t18-/m1/s1. The summed E-state index contributed by atoms with van der Waals surface area (Å²) >= 11 is 7.34. The number of ether oxygens (including phenoxy) is 1. The number of nitrogens with zero attached hydrogens (tertiary/aromatic N) is 3. The topological polar surface area (TPSA) is 54.3 Å². The Labute approximate surface area is 168 Å². The molecule has 5 nitrogen and oxygen atoms in total. The van der Waals surface area contributed by atoms with Crippen LogP contribution in [0, 0.1) is 0 Å². The van der Waals surface area contributed by atoms with Gasteiger partial charge in [-0.25, -0.2) is 0 Å². The van der Waals surface area contributed by atoms with Gasteiger partial charge in [-0.1, -0.05) is 54.6 Å². The third-order valence-electron chi connectivity index (χ3n) is 4.11. The number of amidine groups is 1. The molecule has 3 rings (SSSR count). The number of benzene rings is 2. The molecule has 2 aromatic carbocycles. The maximum Gasteiger partial charge on any atom is 0.242 e. The molecule has 1 heterocycles. The molecule has 27 heavy (non-hydrogen) atoms. The van der Waals surface area contributed by atoms with Gasteiger partial charge < -0.3 is 4.74 Å². The fourth-order valence-electron chi connectivity index (χ4n) is 2.60. The monoisotopic (exact) mass is 401 g/mol. The van der Waals surface area contributed by atoms with Crippen LogP contribution in [0.4, 0.5) is 0 Å². The smallest absolute Gasteiger partial charge is 0.242 e. The summed E-state index contributed by atoms with van der Waals surface area (Å²) in [7, 11) is 1.63. The maximum absolute atomic E-state index is 12.7. The van der Waals surface area contributed by atoms with Crippen LogP contribution in [-0.4, -0.2) is 34.5 Å². The largest absolute Gasteiger partial charge is 0.497 e. The summed E-state index contributed by atoms with van der Waals surface area (Å²) in [6, 6.07) is 15.0. The van der Waals surface area contributed by atoms with Crippen molar-refractivity contribution in [3.05, 3.63) is 64.7 Å². The molecule has 1 fully saturated rings. The highest BCUT2D eigenvalue weighted by Crippen LogP contribution is 2.31. The number of halogens is 1. The van der Waals surface area contributed by atoms with Gasteiger partial charge in [0.15, 0.2) is 5.17 Å². The third-order valence-corrected chi connectivity index (χ3v) is 5.69. The molecule has 2 aromatic rings. The molecule has 0 unspecified atom stereocenters. The molecule has 0 N–H and O–H groups in total. The Bertz CT molecular complexity index is 851. The number of carbonyl (C=O) groups is 1. The van der Waals surface area contributed by atoms with Crippen molar-refractivity contribution in [2.75, 3.05) is 7.11 Å². The molecule has 1 amide bonds. The van der Waals surface area contributed by atoms with Gasteiger partial charge in [-0.2, -0.15) is 5.10 Å². The fraction of sp³-hybridized carbons (Fsp3) is 0.250. The summed E-state index contributed by atoms with van der Waals surface area (Å²) in [6.07, 6.45) is 2.40. The molecule has 0 bridgehead atoms. The summed E-state index contributed by atoms with van der Waals surface area (Å²) in [5, 5.41) is 9.63. The zero-order valence-electron chi connectivity index (χ0n) is 15.1. The molecule has 0 aliphatic carbocycles. The minimum Gasteiger partial charge on any atom is -0.497 e. The Kier molecular flexibility index (Phi) is 6.53. The summed E-state index contributed by atoms with van der Waals surface area (Å²) < 4.78 is 5.18. The van der Waals surface area contributed by atoms with Crippen LogP contribution in [0.5, 0.6) is 5.75 Å². The first-order valence-corrected chi connectivity index (χ1v) is 9.84. The van der Waals surface area contributed by atoms with E-state index in [1.54, 1.807) is 30.4 Å². The number of rotatable bonds is 6. The van der Waals surface area contributed by atoms with E-state index in [4.69, 9.17) is 16.3 Å². The molecule has 1 aliphatic heterocycles. The van der Waals surface area contributed by atoms with Gasteiger partial charge in [0.2, 0.25) is 5.91 Å². The highest BCUT2D eigenvalue weighted by Gasteiger charge is 2.36. The van der Waals surface area contributed by atoms with E-state index >= 15 is 0 Å². The number of amides is 1. The first-order valence-electron chi connectivity index (χ1n) is 8.58. The van der Waals surface area contributed by atoms with Gasteiger partial charge in [0.05, 0.1) is 25.1 Å². The lowest BCUT2D eigenvalue weighted by atomic mass is 10.2. The van der Waals surface area contributed by atoms with E-state index in [-0.39, 0.29) is 11.2 Å². The molecule has 1 aliphatic rings. The molecule has 0 radical (unpaired) electrons. The number of hydrogen-bond acceptors (Lipinski definition) is 5. The Morgan fingerprint density at radius 3 is 2.52 bits per heavy atom. The highest BCUT2D eigenvalue weighted by atomic mass is 35.5. The summed E-state index contributed by atoms with van der Waals surface area (Å²) in [5.41, 5.74) is 1.91. The van der Waals surface area contributed by atoms with Crippen molar-refractivity contribution in [1.82, 2.24) is 4.90 Å². The molecule has 7 heteroatoms. The third kappa shape index (κ3) is 4.90. The van der Waals surface area contributed by atoms with Crippen LogP contribution in [0.15, 0.2) is 58.7 Å². The van der Waals surface area contributed by atoms with Crippen LogP contribution in [0.2, 0.25) is 5.02 Å². The quantitative estimate of drug-likeness (QED) is 0.525. The predicted octanol–water partition coefficient (Wildman–Crippen LogP) is 4.59. The Hall–Kier alpha value is -2.31. The van der Waals surface area contributed by atoms with Crippen LogP contribution in [-0.2, 0) is 11.3 Å². The molecule has 0 saturated carbocycles. The van der Waals surface area contributed by atoms with Gasteiger partial charge >= 0.3 is 0 Å². The van der Waals surface area contributed by atoms with Gasteiger partial charge in [-0.05, 0) is 41.8 Å². The predicted molar refractivity (Wildman–Crippen MR) is 112 cm³/mol. The molecule has 0 spiro atoms. The average Bonchev–Trinajstić information content (AvgIpc) is 2.99. The SMILES string of the molecule is CC[C@H]1S/C(=N/N=C\c2ccc(Cl)cc2)N(Cc2ccc(OC)cc2)C1=O. The molecule has 140 valence electrons. The lowest BCUT2D eigenvalue weighted by Gasteiger charge is -2.16. The van der Waals surface area contributed by atoms with Gasteiger partial charge in [0.25, 0.3) is 0 Å². The van der Waals surface area contributed by atoms with Crippen molar-refractivity contribution >= 4 is 40.7 Å². The molecular weight excluding hydrogens is 382 g/mol. The van der Waals surface area contributed by atoms with E-state index in [2.05, 4.69) is 10.2 Å². The van der Waals surface area contributed by atoms with E-state index in [1.807, 2.05) is 43.3 Å². The lowest BCUT2D eigenvalue weighted by molar-refractivity contribution is -0.126. The van der Waals surface area contributed by atoms with Crippen molar-refractivity contribution in [3.8, 4) is 5.75 Å². The van der Waals surface area contributed by atoms with Crippen molar-refractivity contribution in [2.24, 2.45) is 10.2 Å². The first-order chi connectivity index (χ1) is 13.1. The first kappa shape index (κ1) is 19.5. The molecule has 0 aromatic heterocycles. The van der Waals surface area contributed by atoms with E-state index in [0.717, 1.165) is 23.3 Å². The lowest BCUT2D eigenvalue weighted by Crippen LogP contribution is -2.31. The Morgan fingerprint density at radius 2 is 1.89 bits per heavy atom. The van der Waals surface area contributed by atoms with Crippen LogP contribution in [0.25, 0.3) is 0 Å². The van der Waals surface area contributed by atoms with E-state index in [9.17, 15) is 4.79 Å². The van der Waals surface area contributed by atoms with Gasteiger partial charge in [-0.3, -0.25) is 9.69 Å². The summed E-state index contributed by atoms with van der Waals surface area (Å²) in [6.45, 7) is 2.46. The van der Waals surface area contributed by atoms with Crippen LogP contribution in [0.3, 0.4) is 0 Å². The zero-order valence-corrected chi connectivity index (χ0v) is 16.7. The van der Waals surface area contributed by atoms with Gasteiger partial charge in [-0.15, -0.1) is 5.10 Å². The minimum atomic E-state index is -0.118. The maximum atomic E-state index is 12.7. The summed E-state index contributed by atoms with van der Waals surface area (Å²) in [5.74, 6) is 0.854. The van der Waals surface area contributed by atoms with Crippen LogP contribution < -0.4 is 4.74 Å². The van der Waals surface area contributed by atoms with E-state index < -0.39 is 0 Å². The number of thioether (sulfide) groups is 1. The molecule has 1 saturated heterocycles. The average molecular weight is 402 g/mol. The fourth-order valence-corrected chi connectivity index (χ4v) is 3.75.